The summed E-state index contributed by atoms with van der Waals surface area (Å²) in [5.41, 5.74) is -0.294. The Labute approximate surface area is 85.5 Å². The van der Waals surface area contributed by atoms with Crippen LogP contribution in [0.4, 0.5) is 0 Å². The summed E-state index contributed by atoms with van der Waals surface area (Å²) in [6.45, 7) is 2.05. The maximum absolute atomic E-state index is 10.6. The molecule has 4 nitrogen and oxygen atoms in total. The van der Waals surface area contributed by atoms with Crippen LogP contribution in [0, 0.1) is 0 Å². The lowest BCUT2D eigenvalue weighted by Gasteiger charge is -1.93. The highest BCUT2D eigenvalue weighted by Gasteiger charge is 2.15. The van der Waals surface area contributed by atoms with E-state index < -0.39 is 5.97 Å². The van der Waals surface area contributed by atoms with Crippen molar-refractivity contribution in [3.05, 3.63) is 21.9 Å². The normalized spacial score (nSPS) is 11.6. The van der Waals surface area contributed by atoms with Gasteiger partial charge in [-0.2, -0.15) is 0 Å². The first-order valence-electron chi connectivity index (χ1n) is 4.23. The molecule has 0 bridgehead atoms. The Hall–Kier alpha value is -1.36. The molecule has 0 spiro atoms. The molecule has 0 aliphatic heterocycles. The van der Waals surface area contributed by atoms with Gasteiger partial charge in [-0.05, 0) is 18.6 Å². The van der Waals surface area contributed by atoms with Gasteiger partial charge in [0.1, 0.15) is 0 Å². The number of oxime groups is 1. The van der Waals surface area contributed by atoms with E-state index in [1.165, 1.54) is 11.3 Å². The Balaban J connectivity index is 2.90. The topological polar surface area (TPSA) is 69.9 Å². The molecule has 14 heavy (non-hydrogen) atoms. The summed E-state index contributed by atoms with van der Waals surface area (Å²) in [5, 5.41) is 19.9. The number of aryl methyl sites for hydroxylation is 1. The third-order valence-electron chi connectivity index (χ3n) is 1.69. The number of carboxylic acids is 1. The predicted octanol–water partition coefficient (Wildman–Crippen LogP) is 1.96. The maximum atomic E-state index is 10.6. The van der Waals surface area contributed by atoms with Gasteiger partial charge in [0, 0.05) is 4.88 Å². The van der Waals surface area contributed by atoms with Gasteiger partial charge in [-0.15, -0.1) is 11.3 Å². The molecule has 0 fully saturated rings. The predicted molar refractivity (Wildman–Crippen MR) is 54.3 cm³/mol. The average Bonchev–Trinajstić information content (AvgIpc) is 2.54. The highest BCUT2D eigenvalue weighted by atomic mass is 32.1. The molecule has 0 aliphatic carbocycles. The van der Waals surface area contributed by atoms with E-state index in [1.54, 1.807) is 6.07 Å². The molecule has 76 valence electrons. The van der Waals surface area contributed by atoms with E-state index in [-0.39, 0.29) is 5.71 Å². The summed E-state index contributed by atoms with van der Waals surface area (Å²) in [6.07, 6.45) is 1.93. The molecule has 5 heteroatoms. The Morgan fingerprint density at radius 2 is 2.29 bits per heavy atom. The van der Waals surface area contributed by atoms with Gasteiger partial charge in [-0.3, -0.25) is 0 Å². The molecule has 2 N–H and O–H groups in total. The monoisotopic (exact) mass is 213 g/mol. The molecule has 1 rings (SSSR count). The maximum Gasteiger partial charge on any atom is 0.359 e. The molecule has 0 saturated heterocycles. The zero-order valence-electron chi connectivity index (χ0n) is 7.73. The first-order valence-corrected chi connectivity index (χ1v) is 5.05. The van der Waals surface area contributed by atoms with Crippen molar-refractivity contribution >= 4 is 23.0 Å². The van der Waals surface area contributed by atoms with Gasteiger partial charge in [0.15, 0.2) is 0 Å². The smallest absolute Gasteiger partial charge is 0.359 e. The van der Waals surface area contributed by atoms with Gasteiger partial charge < -0.3 is 10.3 Å². The highest BCUT2D eigenvalue weighted by Crippen LogP contribution is 2.18. The second-order valence-corrected chi connectivity index (χ2v) is 3.94. The SMILES string of the molecule is CCCc1ccc(/C(=N\O)C(=O)O)s1. The van der Waals surface area contributed by atoms with E-state index in [4.69, 9.17) is 10.3 Å². The lowest BCUT2D eigenvalue weighted by atomic mass is 10.2. The molecule has 0 atom stereocenters. The summed E-state index contributed by atoms with van der Waals surface area (Å²) in [7, 11) is 0. The van der Waals surface area contributed by atoms with Crippen molar-refractivity contribution in [2.45, 2.75) is 19.8 Å². The number of carboxylic acid groups (broad SMARTS) is 1. The van der Waals surface area contributed by atoms with Crippen LogP contribution in [0.15, 0.2) is 17.3 Å². The first kappa shape index (κ1) is 10.7. The van der Waals surface area contributed by atoms with Crippen LogP contribution in [0.1, 0.15) is 23.1 Å². The first-order chi connectivity index (χ1) is 6.69. The Bertz CT molecular complexity index is 357. The van der Waals surface area contributed by atoms with E-state index in [9.17, 15) is 4.79 Å². The minimum absolute atomic E-state index is 0.294. The van der Waals surface area contributed by atoms with Gasteiger partial charge in [0.2, 0.25) is 5.71 Å². The molecule has 1 aromatic rings. The molecule has 1 heterocycles. The van der Waals surface area contributed by atoms with Crippen LogP contribution in [0.2, 0.25) is 0 Å². The van der Waals surface area contributed by atoms with Gasteiger partial charge in [-0.25, -0.2) is 4.79 Å². The lowest BCUT2D eigenvalue weighted by Crippen LogP contribution is -2.12. The number of rotatable bonds is 4. The van der Waals surface area contributed by atoms with E-state index in [2.05, 4.69) is 12.1 Å². The molecular formula is C9H11NO3S. The molecule has 1 aromatic heterocycles. The fourth-order valence-corrected chi connectivity index (χ4v) is 2.17. The number of nitrogens with zero attached hydrogens (tertiary/aromatic N) is 1. The molecule has 0 aromatic carbocycles. The van der Waals surface area contributed by atoms with E-state index >= 15 is 0 Å². The molecule has 0 aliphatic rings. The Kier molecular flexibility index (Phi) is 3.64. The van der Waals surface area contributed by atoms with Crippen LogP contribution >= 0.6 is 11.3 Å². The fraction of sp³-hybridized carbons (Fsp3) is 0.333. The van der Waals surface area contributed by atoms with Crippen LogP contribution < -0.4 is 0 Å². The van der Waals surface area contributed by atoms with Crippen molar-refractivity contribution in [1.82, 2.24) is 0 Å². The minimum Gasteiger partial charge on any atom is -0.476 e. The molecule has 0 saturated carbocycles. The van der Waals surface area contributed by atoms with Gasteiger partial charge in [0.05, 0.1) is 4.88 Å². The summed E-state index contributed by atoms with van der Waals surface area (Å²) < 4.78 is 0. The van der Waals surface area contributed by atoms with E-state index in [0.717, 1.165) is 17.7 Å². The Morgan fingerprint density at radius 3 is 2.79 bits per heavy atom. The summed E-state index contributed by atoms with van der Waals surface area (Å²) in [6, 6.07) is 3.52. The van der Waals surface area contributed by atoms with Crippen molar-refractivity contribution in [1.29, 1.82) is 0 Å². The number of thiophene rings is 1. The van der Waals surface area contributed by atoms with Crippen LogP contribution in [0.25, 0.3) is 0 Å². The standard InChI is InChI=1S/C9H11NO3S/c1-2-3-6-4-5-7(14-6)8(10-13)9(11)12/h4-5,13H,2-3H2,1H3,(H,11,12)/b10-8+. The van der Waals surface area contributed by atoms with Gasteiger partial charge >= 0.3 is 5.97 Å². The van der Waals surface area contributed by atoms with Crippen LogP contribution in [0.3, 0.4) is 0 Å². The van der Waals surface area contributed by atoms with Crippen LogP contribution in [0.5, 0.6) is 0 Å². The summed E-state index contributed by atoms with van der Waals surface area (Å²) in [5.74, 6) is -1.21. The molecule has 0 amide bonds. The zero-order chi connectivity index (χ0) is 10.6. The van der Waals surface area contributed by atoms with Crippen molar-refractivity contribution in [2.75, 3.05) is 0 Å². The number of hydrogen-bond acceptors (Lipinski definition) is 4. The summed E-state index contributed by atoms with van der Waals surface area (Å²) >= 11 is 1.35. The third kappa shape index (κ3) is 2.32. The zero-order valence-corrected chi connectivity index (χ0v) is 8.54. The van der Waals surface area contributed by atoms with E-state index in [1.807, 2.05) is 6.07 Å². The molecule has 0 unspecified atom stereocenters. The van der Waals surface area contributed by atoms with Crippen molar-refractivity contribution in [3.63, 3.8) is 0 Å². The molecular weight excluding hydrogens is 202 g/mol. The minimum atomic E-state index is -1.21. The lowest BCUT2D eigenvalue weighted by molar-refractivity contribution is -0.129. The van der Waals surface area contributed by atoms with Crippen molar-refractivity contribution < 1.29 is 15.1 Å². The quantitative estimate of drug-likeness (QED) is 0.456. The second-order valence-electron chi connectivity index (χ2n) is 2.77. The van der Waals surface area contributed by atoms with Crippen molar-refractivity contribution in [3.8, 4) is 0 Å². The summed E-state index contributed by atoms with van der Waals surface area (Å²) in [4.78, 5) is 12.2. The van der Waals surface area contributed by atoms with Crippen molar-refractivity contribution in [2.24, 2.45) is 5.16 Å². The van der Waals surface area contributed by atoms with Gasteiger partial charge in [-0.1, -0.05) is 18.5 Å². The van der Waals surface area contributed by atoms with E-state index in [0.29, 0.717) is 4.88 Å². The molecule has 0 radical (unpaired) electrons. The second kappa shape index (κ2) is 4.76. The average molecular weight is 213 g/mol. The van der Waals surface area contributed by atoms with Crippen LogP contribution in [-0.2, 0) is 11.2 Å². The fourth-order valence-electron chi connectivity index (χ4n) is 1.08. The Morgan fingerprint density at radius 1 is 1.57 bits per heavy atom. The highest BCUT2D eigenvalue weighted by molar-refractivity contribution is 7.14. The third-order valence-corrected chi connectivity index (χ3v) is 2.85. The number of carbonyl (C=O) groups is 1. The number of hydrogen-bond donors (Lipinski definition) is 2. The largest absolute Gasteiger partial charge is 0.476 e. The number of aliphatic carboxylic acids is 1. The van der Waals surface area contributed by atoms with Gasteiger partial charge in [0.25, 0.3) is 0 Å². The van der Waals surface area contributed by atoms with Crippen LogP contribution in [-0.4, -0.2) is 22.0 Å².